The lowest BCUT2D eigenvalue weighted by Gasteiger charge is -2.33. The van der Waals surface area contributed by atoms with Crippen LogP contribution in [0.4, 0.5) is 17.1 Å². The van der Waals surface area contributed by atoms with Gasteiger partial charge in [0.2, 0.25) is 0 Å². The van der Waals surface area contributed by atoms with Crippen molar-refractivity contribution in [2.45, 2.75) is 50.9 Å². The van der Waals surface area contributed by atoms with E-state index in [-0.39, 0.29) is 0 Å². The monoisotopic (exact) mass is 909 g/mol. The van der Waals surface area contributed by atoms with Crippen molar-refractivity contribution in [1.82, 2.24) is 0 Å². The first kappa shape index (κ1) is 41.9. The molecule has 1 spiro atoms. The van der Waals surface area contributed by atoms with Crippen molar-refractivity contribution in [1.29, 1.82) is 0 Å². The molecule has 3 unspecified atom stereocenters. The van der Waals surface area contributed by atoms with Crippen LogP contribution in [-0.2, 0) is 5.41 Å². The van der Waals surface area contributed by atoms with Gasteiger partial charge in [-0.1, -0.05) is 218 Å². The summed E-state index contributed by atoms with van der Waals surface area (Å²) in [5.74, 6) is 2.54. The highest BCUT2D eigenvalue weighted by molar-refractivity contribution is 6.00. The summed E-state index contributed by atoms with van der Waals surface area (Å²) in [6.07, 6.45) is 5.64. The van der Waals surface area contributed by atoms with Crippen LogP contribution in [0.1, 0.15) is 70.5 Å². The Balaban J connectivity index is 0.962. The van der Waals surface area contributed by atoms with E-state index in [1.165, 1.54) is 131 Å². The maximum atomic E-state index is 2.54. The fourth-order valence-electron chi connectivity index (χ4n) is 13.8. The average Bonchev–Trinajstić information content (AvgIpc) is 4.21. The minimum absolute atomic E-state index is 0.475. The second-order valence-corrected chi connectivity index (χ2v) is 20.9. The molecule has 0 heterocycles. The number of anilines is 3. The molecule has 2 saturated carbocycles. The van der Waals surface area contributed by atoms with Gasteiger partial charge in [-0.15, -0.1) is 0 Å². The quantitative estimate of drug-likeness (QED) is 0.147. The molecule has 10 aromatic carbocycles. The molecule has 4 aliphatic carbocycles. The molecule has 2 bridgehead atoms. The van der Waals surface area contributed by atoms with Crippen molar-refractivity contribution in [3.8, 4) is 66.8 Å². The van der Waals surface area contributed by atoms with Crippen LogP contribution in [0, 0.1) is 25.7 Å². The van der Waals surface area contributed by atoms with Gasteiger partial charge in [-0.25, -0.2) is 0 Å². The number of aryl methyl sites for hydroxylation is 2. The van der Waals surface area contributed by atoms with E-state index >= 15 is 0 Å². The van der Waals surface area contributed by atoms with E-state index < -0.39 is 5.41 Å². The summed E-state index contributed by atoms with van der Waals surface area (Å²) in [7, 11) is 0. The molecule has 0 aromatic heterocycles. The van der Waals surface area contributed by atoms with Crippen LogP contribution in [-0.4, -0.2) is 0 Å². The first-order valence-corrected chi connectivity index (χ1v) is 25.8. The Labute approximate surface area is 418 Å². The second kappa shape index (κ2) is 16.6. The summed E-state index contributed by atoms with van der Waals surface area (Å²) in [4.78, 5) is 2.53. The molecule has 2 fully saturated rings. The number of nitrogens with zero attached hydrogens (tertiary/aromatic N) is 1. The lowest BCUT2D eigenvalue weighted by atomic mass is 9.70. The Kier molecular flexibility index (Phi) is 9.78. The number of rotatable bonds is 8. The summed E-state index contributed by atoms with van der Waals surface area (Å²) in [6, 6.07) is 87.3. The molecule has 10 aromatic rings. The van der Waals surface area contributed by atoms with Crippen molar-refractivity contribution in [3.05, 3.63) is 269 Å². The van der Waals surface area contributed by atoms with Crippen LogP contribution in [0.5, 0.6) is 0 Å². The summed E-state index contributed by atoms with van der Waals surface area (Å²) >= 11 is 0. The Bertz CT molecular complexity index is 3640. The molecule has 0 saturated heterocycles. The number of hydrogen-bond acceptors (Lipinski definition) is 1. The van der Waals surface area contributed by atoms with Crippen molar-refractivity contribution in [3.63, 3.8) is 0 Å². The Morgan fingerprint density at radius 1 is 0.352 bits per heavy atom. The molecule has 340 valence electrons. The Morgan fingerprint density at radius 3 is 1.48 bits per heavy atom. The number of para-hydroxylation sites is 1. The smallest absolute Gasteiger partial charge is 0.0726 e. The third-order valence-corrected chi connectivity index (χ3v) is 16.9. The number of hydrogen-bond donors (Lipinski definition) is 0. The third kappa shape index (κ3) is 6.59. The highest BCUT2D eigenvalue weighted by atomic mass is 15.1. The van der Waals surface area contributed by atoms with Gasteiger partial charge in [0.15, 0.2) is 0 Å². The topological polar surface area (TPSA) is 3.24 Å². The van der Waals surface area contributed by atoms with Crippen LogP contribution in [0.3, 0.4) is 0 Å². The Morgan fingerprint density at radius 2 is 0.845 bits per heavy atom. The van der Waals surface area contributed by atoms with Crippen LogP contribution < -0.4 is 4.90 Å². The van der Waals surface area contributed by atoms with Crippen molar-refractivity contribution < 1.29 is 0 Å². The third-order valence-electron chi connectivity index (χ3n) is 16.9. The Hall–Kier alpha value is -8.00. The van der Waals surface area contributed by atoms with Crippen molar-refractivity contribution >= 4 is 17.1 Å². The molecule has 14 rings (SSSR count). The zero-order valence-corrected chi connectivity index (χ0v) is 40.4. The average molecular weight is 910 g/mol. The normalized spacial score (nSPS) is 17.5. The maximum Gasteiger partial charge on any atom is 0.0726 e. The zero-order chi connectivity index (χ0) is 47.2. The SMILES string of the molecule is Cc1ccc2c(c1)C1(c3ccccc3-c3ccc(N(c4ccc(-c5ccc(C6CC7CCC6C7)cc5)cc4)c4ccccc4-c4ccccc4-c4ccccc4-c4ccccc4)cc31)c1cc(C)ccc1-2. The van der Waals surface area contributed by atoms with Crippen LogP contribution in [0.25, 0.3) is 66.8 Å². The first-order chi connectivity index (χ1) is 35.0. The second-order valence-electron chi connectivity index (χ2n) is 20.9. The zero-order valence-electron chi connectivity index (χ0n) is 40.4. The fourth-order valence-corrected chi connectivity index (χ4v) is 13.8. The molecular formula is C70H55N. The lowest BCUT2D eigenvalue weighted by molar-refractivity contribution is 0.420. The van der Waals surface area contributed by atoms with E-state index in [1.807, 2.05) is 0 Å². The standard InChI is InChI=1S/C70H55N/c1-45-24-37-60-61-38-25-46(2)41-67(61)70(66(60)40-45)65-22-12-10-20-59(65)62-39-36-54(44-68(62)70)71(53-34-32-49(33-35-53)48-28-30-51(31-29-48)64-43-47-26-27-52(64)42-47)69-23-13-11-21-63(69)58-19-9-8-18-57(58)56-17-7-6-16-55(56)50-14-4-3-5-15-50/h3-25,28-41,44,47,52,64H,26-27,42-43H2,1-2H3. The highest BCUT2D eigenvalue weighted by Gasteiger charge is 2.52. The largest absolute Gasteiger partial charge is 0.310 e. The number of benzene rings is 10. The van der Waals surface area contributed by atoms with Gasteiger partial charge >= 0.3 is 0 Å². The van der Waals surface area contributed by atoms with E-state index in [2.05, 4.69) is 249 Å². The maximum absolute atomic E-state index is 2.54. The molecule has 1 heteroatoms. The first-order valence-electron chi connectivity index (χ1n) is 25.8. The molecule has 0 N–H and O–H groups in total. The minimum Gasteiger partial charge on any atom is -0.310 e. The lowest BCUT2D eigenvalue weighted by Crippen LogP contribution is -2.26. The molecule has 71 heavy (non-hydrogen) atoms. The van der Waals surface area contributed by atoms with Crippen LogP contribution >= 0.6 is 0 Å². The van der Waals surface area contributed by atoms with Gasteiger partial charge in [0, 0.05) is 16.9 Å². The van der Waals surface area contributed by atoms with Gasteiger partial charge in [-0.2, -0.15) is 0 Å². The van der Waals surface area contributed by atoms with Gasteiger partial charge in [-0.05, 0) is 170 Å². The molecule has 0 radical (unpaired) electrons. The van der Waals surface area contributed by atoms with Gasteiger partial charge in [0.05, 0.1) is 11.1 Å². The van der Waals surface area contributed by atoms with Gasteiger partial charge in [0.25, 0.3) is 0 Å². The minimum atomic E-state index is -0.475. The van der Waals surface area contributed by atoms with E-state index in [1.54, 1.807) is 0 Å². The predicted molar refractivity (Wildman–Crippen MR) is 297 cm³/mol. The van der Waals surface area contributed by atoms with E-state index in [9.17, 15) is 0 Å². The number of fused-ring (bicyclic) bond motifs is 12. The van der Waals surface area contributed by atoms with Crippen molar-refractivity contribution in [2.24, 2.45) is 11.8 Å². The van der Waals surface area contributed by atoms with E-state index in [0.29, 0.717) is 0 Å². The van der Waals surface area contributed by atoms with Crippen molar-refractivity contribution in [2.75, 3.05) is 4.90 Å². The summed E-state index contributed by atoms with van der Waals surface area (Å²) in [5, 5.41) is 0. The van der Waals surface area contributed by atoms with E-state index in [4.69, 9.17) is 0 Å². The molecular weight excluding hydrogens is 855 g/mol. The summed E-state index contributed by atoms with van der Waals surface area (Å²) < 4.78 is 0. The van der Waals surface area contributed by atoms with Gasteiger partial charge in [0.1, 0.15) is 0 Å². The molecule has 1 nitrogen and oxygen atoms in total. The predicted octanol–water partition coefficient (Wildman–Crippen LogP) is 18.7. The fraction of sp³-hybridized carbons (Fsp3) is 0.143. The highest BCUT2D eigenvalue weighted by Crippen LogP contribution is 2.64. The van der Waals surface area contributed by atoms with Crippen LogP contribution in [0.2, 0.25) is 0 Å². The van der Waals surface area contributed by atoms with E-state index in [0.717, 1.165) is 34.8 Å². The van der Waals surface area contributed by atoms with Gasteiger partial charge in [-0.3, -0.25) is 0 Å². The van der Waals surface area contributed by atoms with Gasteiger partial charge < -0.3 is 4.90 Å². The summed E-state index contributed by atoms with van der Waals surface area (Å²) in [5.41, 5.74) is 27.4. The molecule has 0 amide bonds. The van der Waals surface area contributed by atoms with Crippen LogP contribution in [0.15, 0.2) is 231 Å². The molecule has 3 atom stereocenters. The molecule has 4 aliphatic rings. The summed E-state index contributed by atoms with van der Waals surface area (Å²) in [6.45, 7) is 4.48. The molecule has 0 aliphatic heterocycles.